The third-order valence-corrected chi connectivity index (χ3v) is 5.15. The number of rotatable bonds is 3. The molecule has 0 bridgehead atoms. The Morgan fingerprint density at radius 2 is 1.43 bits per heavy atom. The van der Waals surface area contributed by atoms with E-state index >= 15 is 0 Å². The Kier molecular flexibility index (Phi) is 3.09. The fourth-order valence-electron chi connectivity index (χ4n) is 2.72. The van der Waals surface area contributed by atoms with Crippen LogP contribution < -0.4 is 4.72 Å². The van der Waals surface area contributed by atoms with Gasteiger partial charge in [0.05, 0.1) is 11.2 Å². The molecule has 0 saturated heterocycles. The summed E-state index contributed by atoms with van der Waals surface area (Å²) in [6, 6.07) is 22.5. The highest BCUT2D eigenvalue weighted by atomic mass is 32.2. The van der Waals surface area contributed by atoms with Gasteiger partial charge in [-0.3, -0.25) is 4.72 Å². The van der Waals surface area contributed by atoms with Crippen LogP contribution in [-0.2, 0) is 10.2 Å². The van der Waals surface area contributed by atoms with Crippen molar-refractivity contribution in [3.8, 4) is 0 Å². The number of benzene rings is 3. The quantitative estimate of drug-likeness (QED) is 0.620. The predicted molar refractivity (Wildman–Crippen MR) is 93.8 cm³/mol. The third kappa shape index (κ3) is 2.45. The number of nitrogens with zero attached hydrogens (tertiary/aromatic N) is 1. The van der Waals surface area contributed by atoms with E-state index in [-0.39, 0.29) is 0 Å². The molecular formula is C18H14N2O2S. The minimum atomic E-state index is -3.70. The minimum Gasteiger partial charge on any atom is -0.266 e. The molecular weight excluding hydrogens is 308 g/mol. The second-order valence-corrected chi connectivity index (χ2v) is 6.89. The van der Waals surface area contributed by atoms with Crippen LogP contribution in [0.1, 0.15) is 0 Å². The van der Waals surface area contributed by atoms with E-state index in [1.807, 2.05) is 54.6 Å². The van der Waals surface area contributed by atoms with Crippen LogP contribution in [-0.4, -0.2) is 12.4 Å². The van der Waals surface area contributed by atoms with Crippen LogP contribution in [0.4, 0.5) is 5.69 Å². The molecule has 1 aromatic heterocycles. The monoisotopic (exact) mass is 322 g/mol. The van der Waals surface area contributed by atoms with Gasteiger partial charge in [-0.05, 0) is 35.0 Å². The number of hydrogen-bond acceptors (Lipinski definition) is 2. The number of fused-ring (bicyclic) bond motifs is 2. The third-order valence-electron chi connectivity index (χ3n) is 3.82. The van der Waals surface area contributed by atoms with Gasteiger partial charge < -0.3 is 0 Å². The molecule has 0 unspecified atom stereocenters. The van der Waals surface area contributed by atoms with E-state index < -0.39 is 10.2 Å². The lowest BCUT2D eigenvalue weighted by Gasteiger charge is -2.11. The lowest BCUT2D eigenvalue weighted by Crippen LogP contribution is -2.20. The molecule has 0 radical (unpaired) electrons. The first-order chi connectivity index (χ1) is 11.1. The summed E-state index contributed by atoms with van der Waals surface area (Å²) in [5.74, 6) is 0. The minimum absolute atomic E-state index is 0.543. The largest absolute Gasteiger partial charge is 0.327 e. The van der Waals surface area contributed by atoms with Gasteiger partial charge in [-0.2, -0.15) is 8.42 Å². The maximum atomic E-state index is 12.7. The molecule has 0 atom stereocenters. The molecule has 0 aliphatic rings. The Balaban J connectivity index is 1.76. The first-order valence-electron chi connectivity index (χ1n) is 7.22. The fourth-order valence-corrected chi connectivity index (χ4v) is 3.89. The lowest BCUT2D eigenvalue weighted by molar-refractivity contribution is 0.594. The van der Waals surface area contributed by atoms with Gasteiger partial charge in [0, 0.05) is 11.6 Å². The summed E-state index contributed by atoms with van der Waals surface area (Å²) in [6.07, 6.45) is 1.56. The summed E-state index contributed by atoms with van der Waals surface area (Å²) in [4.78, 5) is 0. The van der Waals surface area contributed by atoms with E-state index in [9.17, 15) is 8.42 Å². The van der Waals surface area contributed by atoms with E-state index in [4.69, 9.17) is 0 Å². The van der Waals surface area contributed by atoms with Gasteiger partial charge in [0.2, 0.25) is 0 Å². The normalized spacial score (nSPS) is 11.8. The van der Waals surface area contributed by atoms with Gasteiger partial charge in [-0.25, -0.2) is 3.97 Å². The Bertz CT molecular complexity index is 1110. The Labute approximate surface area is 134 Å². The summed E-state index contributed by atoms with van der Waals surface area (Å²) in [7, 11) is -3.70. The van der Waals surface area contributed by atoms with Crippen molar-refractivity contribution in [1.29, 1.82) is 0 Å². The van der Waals surface area contributed by atoms with Crippen molar-refractivity contribution in [2.24, 2.45) is 0 Å². The zero-order valence-corrected chi connectivity index (χ0v) is 13.0. The van der Waals surface area contributed by atoms with Crippen molar-refractivity contribution in [2.45, 2.75) is 0 Å². The highest BCUT2D eigenvalue weighted by Crippen LogP contribution is 2.22. The van der Waals surface area contributed by atoms with E-state index in [2.05, 4.69) is 4.72 Å². The van der Waals surface area contributed by atoms with Crippen LogP contribution in [0.5, 0.6) is 0 Å². The molecule has 0 aliphatic heterocycles. The first-order valence-corrected chi connectivity index (χ1v) is 8.66. The summed E-state index contributed by atoms with van der Waals surface area (Å²) in [6.45, 7) is 0. The Morgan fingerprint density at radius 3 is 2.26 bits per heavy atom. The maximum Gasteiger partial charge on any atom is 0.327 e. The number of para-hydroxylation sites is 1. The molecule has 0 saturated carbocycles. The number of hydrogen-bond donors (Lipinski definition) is 1. The SMILES string of the molecule is O=S(=O)(Nc1ccc2ccccc2c1)n1ccc2ccccc21. The summed E-state index contributed by atoms with van der Waals surface area (Å²) in [5.41, 5.74) is 1.20. The molecule has 4 rings (SSSR count). The van der Waals surface area contributed by atoms with Crippen LogP contribution in [0.25, 0.3) is 21.7 Å². The van der Waals surface area contributed by atoms with Crippen LogP contribution in [0, 0.1) is 0 Å². The fraction of sp³-hybridized carbons (Fsp3) is 0. The average Bonchev–Trinajstić information content (AvgIpc) is 2.99. The van der Waals surface area contributed by atoms with Gasteiger partial charge in [0.15, 0.2) is 0 Å². The molecule has 4 nitrogen and oxygen atoms in total. The molecule has 0 spiro atoms. The standard InChI is InChI=1S/C18H14N2O2S/c21-23(22,20-12-11-15-6-3-4-8-18(15)20)19-17-10-9-14-5-1-2-7-16(14)13-17/h1-13,19H. The second kappa shape index (κ2) is 5.14. The van der Waals surface area contributed by atoms with E-state index in [0.29, 0.717) is 11.2 Å². The number of nitrogens with one attached hydrogen (secondary N) is 1. The smallest absolute Gasteiger partial charge is 0.266 e. The van der Waals surface area contributed by atoms with Crippen molar-refractivity contribution < 1.29 is 8.42 Å². The second-order valence-electron chi connectivity index (χ2n) is 5.34. The molecule has 23 heavy (non-hydrogen) atoms. The van der Waals surface area contributed by atoms with Crippen molar-refractivity contribution in [2.75, 3.05) is 4.72 Å². The molecule has 0 amide bonds. The van der Waals surface area contributed by atoms with Gasteiger partial charge in [-0.1, -0.05) is 48.5 Å². The molecule has 114 valence electrons. The Morgan fingerprint density at radius 1 is 0.739 bits per heavy atom. The molecule has 3 aromatic carbocycles. The van der Waals surface area contributed by atoms with Crippen molar-refractivity contribution in [1.82, 2.24) is 3.97 Å². The van der Waals surface area contributed by atoms with Gasteiger partial charge in [-0.15, -0.1) is 0 Å². The number of anilines is 1. The highest BCUT2D eigenvalue weighted by Gasteiger charge is 2.15. The zero-order chi connectivity index (χ0) is 15.9. The van der Waals surface area contributed by atoms with E-state index in [1.54, 1.807) is 24.4 Å². The molecule has 1 N–H and O–H groups in total. The molecule has 1 heterocycles. The summed E-state index contributed by atoms with van der Waals surface area (Å²) >= 11 is 0. The molecule has 4 aromatic rings. The Hall–Kier alpha value is -2.79. The first kappa shape index (κ1) is 13.8. The van der Waals surface area contributed by atoms with Crippen LogP contribution >= 0.6 is 0 Å². The summed E-state index contributed by atoms with van der Waals surface area (Å²) in [5, 5.41) is 2.95. The van der Waals surface area contributed by atoms with Gasteiger partial charge in [0.25, 0.3) is 0 Å². The van der Waals surface area contributed by atoms with Crippen molar-refractivity contribution in [3.05, 3.63) is 79.0 Å². The van der Waals surface area contributed by atoms with Gasteiger partial charge >= 0.3 is 10.2 Å². The zero-order valence-electron chi connectivity index (χ0n) is 12.2. The maximum absolute atomic E-state index is 12.7. The molecule has 5 heteroatoms. The van der Waals surface area contributed by atoms with Crippen LogP contribution in [0.15, 0.2) is 79.0 Å². The van der Waals surface area contributed by atoms with Crippen LogP contribution in [0.3, 0.4) is 0 Å². The van der Waals surface area contributed by atoms with Crippen molar-refractivity contribution in [3.63, 3.8) is 0 Å². The van der Waals surface area contributed by atoms with E-state index in [1.165, 1.54) is 3.97 Å². The topological polar surface area (TPSA) is 51.1 Å². The molecule has 0 fully saturated rings. The summed E-state index contributed by atoms with van der Waals surface area (Å²) < 4.78 is 29.2. The van der Waals surface area contributed by atoms with Gasteiger partial charge in [0.1, 0.15) is 0 Å². The highest BCUT2D eigenvalue weighted by molar-refractivity contribution is 7.91. The van der Waals surface area contributed by atoms with Crippen LogP contribution in [0.2, 0.25) is 0 Å². The predicted octanol–water partition coefficient (Wildman–Crippen LogP) is 4.00. The van der Waals surface area contributed by atoms with E-state index in [0.717, 1.165) is 16.2 Å². The average molecular weight is 322 g/mol. The lowest BCUT2D eigenvalue weighted by atomic mass is 10.1. The number of aromatic nitrogens is 1. The van der Waals surface area contributed by atoms with Crippen molar-refractivity contribution >= 4 is 37.6 Å². The molecule has 0 aliphatic carbocycles.